The first kappa shape index (κ1) is 22.2. The lowest BCUT2D eigenvalue weighted by atomic mass is 10.0. The molecule has 3 amide bonds. The molecule has 0 saturated carbocycles. The fraction of sp³-hybridized carbons (Fsp3) is 0.348. The number of nitrogens with zero attached hydrogens (tertiary/aromatic N) is 2. The lowest BCUT2D eigenvalue weighted by Gasteiger charge is -2.29. The summed E-state index contributed by atoms with van der Waals surface area (Å²) in [4.78, 5) is 37.9. The summed E-state index contributed by atoms with van der Waals surface area (Å²) >= 11 is 0. The van der Waals surface area contributed by atoms with Crippen molar-refractivity contribution < 1.29 is 22.8 Å². The van der Waals surface area contributed by atoms with Gasteiger partial charge in [0.1, 0.15) is 0 Å². The molecule has 0 aliphatic carbocycles. The molecule has 2 aliphatic heterocycles. The van der Waals surface area contributed by atoms with Crippen molar-refractivity contribution in [1.82, 2.24) is 4.31 Å². The Labute approximate surface area is 187 Å². The Hall–Kier alpha value is -3.04. The molecule has 0 radical (unpaired) electrons. The Morgan fingerprint density at radius 3 is 2.22 bits per heavy atom. The van der Waals surface area contributed by atoms with Crippen LogP contribution in [0.4, 0.5) is 11.4 Å². The lowest BCUT2D eigenvalue weighted by Crippen LogP contribution is -2.37. The van der Waals surface area contributed by atoms with Gasteiger partial charge in [-0.25, -0.2) is 8.42 Å². The highest BCUT2D eigenvalue weighted by atomic mass is 32.2. The average Bonchev–Trinajstić information content (AvgIpc) is 3.12. The van der Waals surface area contributed by atoms with Crippen molar-refractivity contribution in [3.8, 4) is 0 Å². The first-order valence-corrected chi connectivity index (χ1v) is 12.1. The summed E-state index contributed by atoms with van der Waals surface area (Å²) in [6.07, 6.45) is 2.03. The van der Waals surface area contributed by atoms with Crippen LogP contribution in [0, 0.1) is 5.92 Å². The lowest BCUT2D eigenvalue weighted by molar-refractivity contribution is -0.121. The quantitative estimate of drug-likeness (QED) is 0.698. The molecule has 0 unspecified atom stereocenters. The van der Waals surface area contributed by atoms with Gasteiger partial charge in [-0.15, -0.1) is 0 Å². The summed E-state index contributed by atoms with van der Waals surface area (Å²) < 4.78 is 27.2. The molecule has 2 aromatic carbocycles. The number of rotatable bonds is 5. The second kappa shape index (κ2) is 8.84. The minimum atomic E-state index is -3.56. The van der Waals surface area contributed by atoms with Crippen LogP contribution in [0.5, 0.6) is 0 Å². The molecule has 32 heavy (non-hydrogen) atoms. The fourth-order valence-electron chi connectivity index (χ4n) is 3.94. The van der Waals surface area contributed by atoms with E-state index in [1.54, 1.807) is 30.3 Å². The predicted octanol–water partition coefficient (Wildman–Crippen LogP) is 3.01. The van der Waals surface area contributed by atoms with Crippen LogP contribution >= 0.6 is 0 Å². The van der Waals surface area contributed by atoms with Crippen LogP contribution in [-0.2, 0) is 19.6 Å². The van der Waals surface area contributed by atoms with Crippen LogP contribution in [-0.4, -0.2) is 43.5 Å². The Morgan fingerprint density at radius 2 is 1.59 bits per heavy atom. The fourth-order valence-corrected chi connectivity index (χ4v) is 5.41. The van der Waals surface area contributed by atoms with E-state index in [1.807, 2.05) is 0 Å². The molecule has 0 bridgehead atoms. The summed E-state index contributed by atoms with van der Waals surface area (Å²) in [7, 11) is -3.56. The van der Waals surface area contributed by atoms with E-state index in [1.165, 1.54) is 22.5 Å². The van der Waals surface area contributed by atoms with Crippen LogP contribution in [0.25, 0.3) is 0 Å². The number of nitrogens with one attached hydrogen (secondary N) is 1. The molecular weight excluding hydrogens is 430 g/mol. The molecular formula is C23H25N3O5S. The van der Waals surface area contributed by atoms with Crippen molar-refractivity contribution in [2.75, 3.05) is 23.3 Å². The van der Waals surface area contributed by atoms with Crippen molar-refractivity contribution in [2.24, 2.45) is 5.92 Å². The molecule has 0 spiro atoms. The molecule has 0 aromatic heterocycles. The smallest absolute Gasteiger partial charge is 0.255 e. The van der Waals surface area contributed by atoms with E-state index in [9.17, 15) is 22.8 Å². The van der Waals surface area contributed by atoms with Crippen molar-refractivity contribution >= 4 is 39.1 Å². The highest BCUT2D eigenvalue weighted by Crippen LogP contribution is 2.26. The first-order valence-electron chi connectivity index (χ1n) is 10.6. The molecule has 2 aromatic rings. The van der Waals surface area contributed by atoms with E-state index in [4.69, 9.17) is 0 Å². The standard InChI is InChI=1S/C23H25N3O5S/c1-16-11-13-25(14-12-16)32(30,31)20-7-5-18(6-8-20)24-23(29)17-3-2-4-19(15-17)26-21(27)9-10-22(26)28/h2-8,15-16H,9-14H2,1H3,(H,24,29). The molecule has 9 heteroatoms. The Bertz CT molecular complexity index is 1140. The van der Waals surface area contributed by atoms with Crippen LogP contribution in [0.3, 0.4) is 0 Å². The van der Waals surface area contributed by atoms with Gasteiger partial charge in [-0.3, -0.25) is 19.3 Å². The molecule has 168 valence electrons. The molecule has 0 atom stereocenters. The summed E-state index contributed by atoms with van der Waals surface area (Å²) in [5, 5.41) is 2.73. The van der Waals surface area contributed by atoms with Gasteiger partial charge in [-0.05, 0) is 61.2 Å². The van der Waals surface area contributed by atoms with Gasteiger partial charge >= 0.3 is 0 Å². The maximum Gasteiger partial charge on any atom is 0.255 e. The summed E-state index contributed by atoms with van der Waals surface area (Å²) in [5.74, 6) is -0.467. The minimum Gasteiger partial charge on any atom is -0.322 e. The van der Waals surface area contributed by atoms with Crippen molar-refractivity contribution in [1.29, 1.82) is 0 Å². The van der Waals surface area contributed by atoms with Gasteiger partial charge < -0.3 is 5.32 Å². The third-order valence-electron chi connectivity index (χ3n) is 5.91. The van der Waals surface area contributed by atoms with Crippen LogP contribution < -0.4 is 10.2 Å². The van der Waals surface area contributed by atoms with Crippen molar-refractivity contribution in [3.63, 3.8) is 0 Å². The number of carbonyl (C=O) groups is 3. The first-order chi connectivity index (χ1) is 15.3. The van der Waals surface area contributed by atoms with Gasteiger partial charge in [0, 0.05) is 37.2 Å². The van der Waals surface area contributed by atoms with Gasteiger partial charge in [0.25, 0.3) is 5.91 Å². The third-order valence-corrected chi connectivity index (χ3v) is 7.82. The average molecular weight is 456 g/mol. The number of piperidine rings is 1. The van der Waals surface area contributed by atoms with E-state index in [2.05, 4.69) is 12.2 Å². The molecule has 1 N–H and O–H groups in total. The number of benzene rings is 2. The van der Waals surface area contributed by atoms with Gasteiger partial charge in [0.05, 0.1) is 10.6 Å². The number of hydrogen-bond acceptors (Lipinski definition) is 5. The Kier molecular flexibility index (Phi) is 6.12. The molecule has 8 nitrogen and oxygen atoms in total. The van der Waals surface area contributed by atoms with Crippen molar-refractivity contribution in [3.05, 3.63) is 54.1 Å². The van der Waals surface area contributed by atoms with E-state index < -0.39 is 15.9 Å². The molecule has 2 fully saturated rings. The number of sulfonamides is 1. The maximum absolute atomic E-state index is 12.8. The third kappa shape index (κ3) is 4.44. The summed E-state index contributed by atoms with van der Waals surface area (Å²) in [6.45, 7) is 3.15. The summed E-state index contributed by atoms with van der Waals surface area (Å²) in [5.41, 5.74) is 1.09. The van der Waals surface area contributed by atoms with E-state index in [0.717, 1.165) is 17.7 Å². The minimum absolute atomic E-state index is 0.168. The molecule has 2 saturated heterocycles. The van der Waals surface area contributed by atoms with E-state index in [-0.39, 0.29) is 35.1 Å². The van der Waals surface area contributed by atoms with Gasteiger partial charge in [0.15, 0.2) is 0 Å². The molecule has 2 heterocycles. The molecule has 4 rings (SSSR count). The topological polar surface area (TPSA) is 104 Å². The number of carbonyl (C=O) groups excluding carboxylic acids is 3. The van der Waals surface area contributed by atoms with Crippen LogP contribution in [0.2, 0.25) is 0 Å². The highest BCUT2D eigenvalue weighted by molar-refractivity contribution is 7.89. The van der Waals surface area contributed by atoms with Crippen molar-refractivity contribution in [2.45, 2.75) is 37.5 Å². The van der Waals surface area contributed by atoms with Gasteiger partial charge in [-0.1, -0.05) is 13.0 Å². The van der Waals surface area contributed by atoms with Crippen LogP contribution in [0.15, 0.2) is 53.4 Å². The zero-order valence-electron chi connectivity index (χ0n) is 17.8. The van der Waals surface area contributed by atoms with E-state index >= 15 is 0 Å². The summed E-state index contributed by atoms with van der Waals surface area (Å²) in [6, 6.07) is 12.4. The van der Waals surface area contributed by atoms with Gasteiger partial charge in [0.2, 0.25) is 21.8 Å². The zero-order valence-corrected chi connectivity index (χ0v) is 18.6. The zero-order chi connectivity index (χ0) is 22.9. The van der Waals surface area contributed by atoms with E-state index in [0.29, 0.717) is 30.4 Å². The Balaban J connectivity index is 1.46. The second-order valence-corrected chi connectivity index (χ2v) is 10.2. The predicted molar refractivity (Wildman–Crippen MR) is 120 cm³/mol. The highest BCUT2D eigenvalue weighted by Gasteiger charge is 2.31. The second-order valence-electron chi connectivity index (χ2n) is 8.24. The number of hydrogen-bond donors (Lipinski definition) is 1. The SMILES string of the molecule is CC1CCN(S(=O)(=O)c2ccc(NC(=O)c3cccc(N4C(=O)CCC4=O)c3)cc2)CC1. The normalized spacial score (nSPS) is 18.2. The molecule has 2 aliphatic rings. The maximum atomic E-state index is 12.8. The number of imide groups is 1. The van der Waals surface area contributed by atoms with Gasteiger partial charge in [-0.2, -0.15) is 4.31 Å². The number of amides is 3. The largest absolute Gasteiger partial charge is 0.322 e. The monoisotopic (exact) mass is 455 g/mol. The number of anilines is 2. The van der Waals surface area contributed by atoms with Crippen LogP contribution in [0.1, 0.15) is 43.0 Å². The Morgan fingerprint density at radius 1 is 0.969 bits per heavy atom.